The number of allylic oxidation sites excluding steroid dienone is 2. The van der Waals surface area contributed by atoms with Crippen molar-refractivity contribution in [1.82, 2.24) is 0 Å². The first-order chi connectivity index (χ1) is 13.2. The normalized spacial score (nSPS) is 26.7. The molecule has 0 bridgehead atoms. The van der Waals surface area contributed by atoms with Gasteiger partial charge in [-0.15, -0.1) is 0 Å². The molecule has 0 spiro atoms. The van der Waals surface area contributed by atoms with Gasteiger partial charge in [-0.25, -0.2) is 4.39 Å². The summed E-state index contributed by atoms with van der Waals surface area (Å²) < 4.78 is 20.0. The second-order valence-electron chi connectivity index (χ2n) is 8.69. The Labute approximate surface area is 165 Å². The molecular formula is C25H37FO. The van der Waals surface area contributed by atoms with Crippen LogP contribution >= 0.6 is 0 Å². The molecule has 0 aliphatic heterocycles. The molecule has 1 nitrogen and oxygen atoms in total. The number of halogens is 1. The number of ether oxygens (including phenoxy) is 1. The van der Waals surface area contributed by atoms with Gasteiger partial charge in [-0.3, -0.25) is 0 Å². The first-order valence-electron chi connectivity index (χ1n) is 11.3. The summed E-state index contributed by atoms with van der Waals surface area (Å²) in [5.41, 5.74) is 1.20. The Bertz CT molecular complexity index is 600. The highest BCUT2D eigenvalue weighted by Gasteiger charge is 2.30. The van der Waals surface area contributed by atoms with Crippen LogP contribution in [0.25, 0.3) is 0 Å². The van der Waals surface area contributed by atoms with Crippen molar-refractivity contribution in [3.05, 3.63) is 41.7 Å². The molecule has 0 amide bonds. The van der Waals surface area contributed by atoms with Crippen LogP contribution in [0, 0.1) is 23.6 Å². The molecule has 27 heavy (non-hydrogen) atoms. The van der Waals surface area contributed by atoms with E-state index in [-0.39, 0.29) is 5.82 Å². The van der Waals surface area contributed by atoms with Crippen molar-refractivity contribution in [2.75, 3.05) is 6.61 Å². The molecule has 1 fully saturated rings. The third kappa shape index (κ3) is 5.59. The van der Waals surface area contributed by atoms with Gasteiger partial charge < -0.3 is 4.74 Å². The van der Waals surface area contributed by atoms with Crippen molar-refractivity contribution in [2.45, 2.75) is 84.0 Å². The molecule has 2 heteroatoms. The lowest BCUT2D eigenvalue weighted by atomic mass is 9.69. The van der Waals surface area contributed by atoms with Crippen LogP contribution in [0.4, 0.5) is 4.39 Å². The van der Waals surface area contributed by atoms with E-state index in [4.69, 9.17) is 4.74 Å². The van der Waals surface area contributed by atoms with Gasteiger partial charge in [0.25, 0.3) is 0 Å². The second-order valence-corrected chi connectivity index (χ2v) is 8.69. The Morgan fingerprint density at radius 2 is 1.85 bits per heavy atom. The van der Waals surface area contributed by atoms with Crippen LogP contribution in [0.5, 0.6) is 5.75 Å². The lowest BCUT2D eigenvalue weighted by molar-refractivity contribution is 0.211. The topological polar surface area (TPSA) is 9.23 Å². The molecule has 0 heterocycles. The largest absolute Gasteiger partial charge is 0.491 e. The Morgan fingerprint density at radius 1 is 1.04 bits per heavy atom. The fraction of sp³-hybridized carbons (Fsp3) is 0.680. The number of benzene rings is 1. The predicted octanol–water partition coefficient (Wildman–Crippen LogP) is 7.66. The highest BCUT2D eigenvalue weighted by molar-refractivity contribution is 5.32. The Hall–Kier alpha value is -1.31. The van der Waals surface area contributed by atoms with Crippen LogP contribution in [0.15, 0.2) is 30.4 Å². The minimum atomic E-state index is -0.192. The third-order valence-corrected chi connectivity index (χ3v) is 6.81. The molecule has 150 valence electrons. The van der Waals surface area contributed by atoms with Crippen LogP contribution in [0.2, 0.25) is 0 Å². The molecule has 1 aromatic rings. The summed E-state index contributed by atoms with van der Waals surface area (Å²) in [6, 6.07) is 5.76. The molecule has 2 atom stereocenters. The van der Waals surface area contributed by atoms with Crippen LogP contribution in [0.3, 0.4) is 0 Å². The zero-order valence-electron chi connectivity index (χ0n) is 17.3. The van der Waals surface area contributed by atoms with Crippen molar-refractivity contribution in [2.24, 2.45) is 17.8 Å². The van der Waals surface area contributed by atoms with Gasteiger partial charge in [0.2, 0.25) is 0 Å². The number of hydrogen-bond acceptors (Lipinski definition) is 1. The van der Waals surface area contributed by atoms with E-state index in [2.05, 4.69) is 25.1 Å². The summed E-state index contributed by atoms with van der Waals surface area (Å²) in [6.07, 6.45) is 17.6. The lowest BCUT2D eigenvalue weighted by Gasteiger charge is -2.36. The van der Waals surface area contributed by atoms with Crippen LogP contribution in [-0.4, -0.2) is 6.61 Å². The maximum Gasteiger partial charge on any atom is 0.165 e. The fourth-order valence-electron chi connectivity index (χ4n) is 5.34. The summed E-state index contributed by atoms with van der Waals surface area (Å²) in [4.78, 5) is 0. The van der Waals surface area contributed by atoms with Gasteiger partial charge in [0.15, 0.2) is 11.6 Å². The van der Waals surface area contributed by atoms with E-state index in [0.29, 0.717) is 24.2 Å². The molecule has 0 N–H and O–H groups in total. The van der Waals surface area contributed by atoms with Crippen molar-refractivity contribution in [3.63, 3.8) is 0 Å². The van der Waals surface area contributed by atoms with Crippen LogP contribution in [0.1, 0.15) is 89.5 Å². The first kappa shape index (κ1) is 20.4. The predicted molar refractivity (Wildman–Crippen MR) is 112 cm³/mol. The van der Waals surface area contributed by atoms with E-state index >= 15 is 0 Å². The van der Waals surface area contributed by atoms with Gasteiger partial charge in [-0.05, 0) is 86.8 Å². The molecule has 2 unspecified atom stereocenters. The highest BCUT2D eigenvalue weighted by Crippen LogP contribution is 2.44. The van der Waals surface area contributed by atoms with Gasteiger partial charge in [0, 0.05) is 0 Å². The van der Waals surface area contributed by atoms with E-state index in [1.165, 1.54) is 69.8 Å². The minimum Gasteiger partial charge on any atom is -0.491 e. The van der Waals surface area contributed by atoms with E-state index < -0.39 is 0 Å². The summed E-state index contributed by atoms with van der Waals surface area (Å²) in [7, 11) is 0. The van der Waals surface area contributed by atoms with Crippen molar-refractivity contribution in [1.29, 1.82) is 0 Å². The molecule has 1 aromatic carbocycles. The zero-order chi connectivity index (χ0) is 19.1. The molecule has 0 aromatic heterocycles. The quantitative estimate of drug-likeness (QED) is 0.426. The van der Waals surface area contributed by atoms with Gasteiger partial charge in [0.1, 0.15) is 0 Å². The molecule has 1 saturated carbocycles. The maximum absolute atomic E-state index is 14.6. The first-order valence-corrected chi connectivity index (χ1v) is 11.3. The smallest absolute Gasteiger partial charge is 0.165 e. The van der Waals surface area contributed by atoms with Gasteiger partial charge in [-0.2, -0.15) is 0 Å². The zero-order valence-corrected chi connectivity index (χ0v) is 17.3. The van der Waals surface area contributed by atoms with Gasteiger partial charge in [0.05, 0.1) is 6.61 Å². The molecule has 2 aliphatic carbocycles. The van der Waals surface area contributed by atoms with E-state index in [9.17, 15) is 4.39 Å². The van der Waals surface area contributed by atoms with Crippen molar-refractivity contribution < 1.29 is 9.13 Å². The monoisotopic (exact) mass is 372 g/mol. The summed E-state index contributed by atoms with van der Waals surface area (Å²) in [5.74, 6) is 3.08. The van der Waals surface area contributed by atoms with E-state index in [1.54, 1.807) is 6.07 Å². The van der Waals surface area contributed by atoms with E-state index in [1.807, 2.05) is 13.0 Å². The number of hydrogen-bond donors (Lipinski definition) is 0. The summed E-state index contributed by atoms with van der Waals surface area (Å²) >= 11 is 0. The summed E-state index contributed by atoms with van der Waals surface area (Å²) in [5, 5.41) is 0. The minimum absolute atomic E-state index is 0.192. The Kier molecular flexibility index (Phi) is 7.79. The molecule has 0 saturated heterocycles. The molecular weight excluding hydrogens is 335 g/mol. The lowest BCUT2D eigenvalue weighted by Crippen LogP contribution is -2.23. The third-order valence-electron chi connectivity index (χ3n) is 6.81. The molecule has 2 aliphatic rings. The standard InChI is InChI=1S/C25H37FO/c1-3-8-19-11-13-21(14-12-19)23(17-20-9-6-5-7-10-20)22-15-16-25(27-4-2)24(26)18-22/h5-6,15-16,18-21,23H,3-4,7-14,17H2,1-2H3. The molecule has 0 radical (unpaired) electrons. The summed E-state index contributed by atoms with van der Waals surface area (Å²) in [6.45, 7) is 4.71. The van der Waals surface area contributed by atoms with Gasteiger partial charge in [-0.1, -0.05) is 50.8 Å². The molecule has 3 rings (SSSR count). The van der Waals surface area contributed by atoms with Crippen molar-refractivity contribution >= 4 is 0 Å². The Balaban J connectivity index is 1.75. The maximum atomic E-state index is 14.6. The van der Waals surface area contributed by atoms with Crippen molar-refractivity contribution in [3.8, 4) is 5.75 Å². The average molecular weight is 373 g/mol. The van der Waals surface area contributed by atoms with Gasteiger partial charge >= 0.3 is 0 Å². The Morgan fingerprint density at radius 3 is 2.48 bits per heavy atom. The fourth-order valence-corrected chi connectivity index (χ4v) is 5.34. The van der Waals surface area contributed by atoms with E-state index in [0.717, 1.165) is 11.8 Å². The SMILES string of the molecule is CCCC1CCC(C(CC2CC=CCC2)c2ccc(OCC)c(F)c2)CC1. The number of rotatable bonds is 8. The van der Waals surface area contributed by atoms with Crippen LogP contribution in [-0.2, 0) is 0 Å². The average Bonchev–Trinajstić information content (AvgIpc) is 2.70. The second kappa shape index (κ2) is 10.3. The van der Waals surface area contributed by atoms with Crippen LogP contribution < -0.4 is 4.74 Å². The highest BCUT2D eigenvalue weighted by atomic mass is 19.1.